The second-order valence-electron chi connectivity index (χ2n) is 4.89. The van der Waals surface area contributed by atoms with E-state index in [0.29, 0.717) is 11.4 Å². The Morgan fingerprint density at radius 2 is 1.95 bits per heavy atom. The maximum absolute atomic E-state index is 12.6. The van der Waals surface area contributed by atoms with Crippen LogP contribution < -0.4 is 0 Å². The van der Waals surface area contributed by atoms with Gasteiger partial charge in [0.1, 0.15) is 6.54 Å². The van der Waals surface area contributed by atoms with E-state index in [1.807, 2.05) is 24.3 Å². The average molecular weight is 282 g/mol. The number of nitrogens with zero attached hydrogens (tertiary/aromatic N) is 2. The molecule has 0 saturated carbocycles. The van der Waals surface area contributed by atoms with E-state index < -0.39 is 12.7 Å². The van der Waals surface area contributed by atoms with Gasteiger partial charge in [-0.25, -0.2) is 0 Å². The molecule has 2 nitrogen and oxygen atoms in total. The van der Waals surface area contributed by atoms with Crippen LogP contribution in [0.5, 0.6) is 0 Å². The molecule has 0 fully saturated rings. The van der Waals surface area contributed by atoms with E-state index in [1.54, 1.807) is 13.0 Å². The van der Waals surface area contributed by atoms with Gasteiger partial charge in [-0.2, -0.15) is 18.3 Å². The first-order valence-corrected chi connectivity index (χ1v) is 6.59. The molecule has 2 rings (SSSR count). The third kappa shape index (κ3) is 3.62. The standard InChI is InChI=1S/C15H17F3N2/c1-3-5-12-6-4-7-13(9-12)14-8-11(2)19-20(14)10-15(16,17)18/h4,6-9H,3,5,10H2,1-2H3. The van der Waals surface area contributed by atoms with Crippen LogP contribution in [-0.2, 0) is 13.0 Å². The Morgan fingerprint density at radius 1 is 1.20 bits per heavy atom. The summed E-state index contributed by atoms with van der Waals surface area (Å²) in [6, 6.07) is 9.32. The van der Waals surface area contributed by atoms with Crippen molar-refractivity contribution in [2.75, 3.05) is 0 Å². The van der Waals surface area contributed by atoms with Crippen molar-refractivity contribution in [2.45, 2.75) is 39.4 Å². The van der Waals surface area contributed by atoms with Crippen LogP contribution in [0.2, 0.25) is 0 Å². The summed E-state index contributed by atoms with van der Waals surface area (Å²) in [7, 11) is 0. The quantitative estimate of drug-likeness (QED) is 0.814. The fourth-order valence-corrected chi connectivity index (χ4v) is 2.24. The van der Waals surface area contributed by atoms with Crippen LogP contribution in [0, 0.1) is 6.92 Å². The van der Waals surface area contributed by atoms with Crippen LogP contribution in [0.15, 0.2) is 30.3 Å². The van der Waals surface area contributed by atoms with Gasteiger partial charge in [-0.05, 0) is 31.0 Å². The maximum Gasteiger partial charge on any atom is 0.408 e. The first-order chi connectivity index (χ1) is 9.39. The lowest BCUT2D eigenvalue weighted by atomic mass is 10.0. The number of aromatic nitrogens is 2. The molecule has 1 heterocycles. The smallest absolute Gasteiger partial charge is 0.255 e. The normalized spacial score (nSPS) is 11.8. The molecule has 0 aliphatic heterocycles. The number of hydrogen-bond donors (Lipinski definition) is 0. The predicted molar refractivity (Wildman–Crippen MR) is 72.5 cm³/mol. The van der Waals surface area contributed by atoms with E-state index in [9.17, 15) is 13.2 Å². The Bertz CT molecular complexity index is 585. The summed E-state index contributed by atoms with van der Waals surface area (Å²) in [5.41, 5.74) is 3.01. The molecular weight excluding hydrogens is 265 g/mol. The van der Waals surface area contributed by atoms with E-state index in [1.165, 1.54) is 0 Å². The first-order valence-electron chi connectivity index (χ1n) is 6.59. The second kappa shape index (κ2) is 5.69. The van der Waals surface area contributed by atoms with Crippen LogP contribution in [-0.4, -0.2) is 16.0 Å². The summed E-state index contributed by atoms with van der Waals surface area (Å²) in [5, 5.41) is 3.94. The Hall–Kier alpha value is -1.78. The van der Waals surface area contributed by atoms with Crippen LogP contribution >= 0.6 is 0 Å². The highest BCUT2D eigenvalue weighted by Gasteiger charge is 2.29. The van der Waals surface area contributed by atoms with Gasteiger partial charge in [-0.3, -0.25) is 4.68 Å². The van der Waals surface area contributed by atoms with Crippen LogP contribution in [0.4, 0.5) is 13.2 Å². The average Bonchev–Trinajstić information content (AvgIpc) is 2.68. The fourth-order valence-electron chi connectivity index (χ4n) is 2.24. The van der Waals surface area contributed by atoms with Crippen molar-refractivity contribution in [1.29, 1.82) is 0 Å². The molecule has 1 aromatic heterocycles. The van der Waals surface area contributed by atoms with Crippen molar-refractivity contribution in [2.24, 2.45) is 0 Å². The molecule has 0 bridgehead atoms. The highest BCUT2D eigenvalue weighted by Crippen LogP contribution is 2.26. The van der Waals surface area contributed by atoms with E-state index in [4.69, 9.17) is 0 Å². The minimum Gasteiger partial charge on any atom is -0.255 e. The number of alkyl halides is 3. The van der Waals surface area contributed by atoms with Crippen molar-refractivity contribution >= 4 is 0 Å². The number of aryl methyl sites for hydroxylation is 2. The summed E-state index contributed by atoms with van der Waals surface area (Å²) in [6.07, 6.45) is -2.35. The molecule has 20 heavy (non-hydrogen) atoms. The minimum atomic E-state index is -4.27. The van der Waals surface area contributed by atoms with E-state index >= 15 is 0 Å². The van der Waals surface area contributed by atoms with Gasteiger partial charge in [0.25, 0.3) is 0 Å². The van der Waals surface area contributed by atoms with Gasteiger partial charge >= 0.3 is 6.18 Å². The molecule has 2 aromatic rings. The summed E-state index contributed by atoms with van der Waals surface area (Å²) >= 11 is 0. The predicted octanol–water partition coefficient (Wildman–Crippen LogP) is 4.37. The fraction of sp³-hybridized carbons (Fsp3) is 0.400. The zero-order valence-corrected chi connectivity index (χ0v) is 11.5. The van der Waals surface area contributed by atoms with E-state index in [0.717, 1.165) is 28.7 Å². The SMILES string of the molecule is CCCc1cccc(-c2cc(C)nn2CC(F)(F)F)c1. The van der Waals surface area contributed by atoms with Crippen LogP contribution in [0.1, 0.15) is 24.6 Å². The molecule has 0 N–H and O–H groups in total. The number of hydrogen-bond acceptors (Lipinski definition) is 1. The Labute approximate surface area is 116 Å². The van der Waals surface area contributed by atoms with Crippen molar-refractivity contribution in [3.63, 3.8) is 0 Å². The molecular formula is C15H17F3N2. The molecule has 0 aliphatic carbocycles. The molecule has 0 atom stereocenters. The minimum absolute atomic E-state index is 0.512. The Kier molecular flexibility index (Phi) is 4.16. The maximum atomic E-state index is 12.6. The Balaban J connectivity index is 2.39. The second-order valence-corrected chi connectivity index (χ2v) is 4.89. The summed E-state index contributed by atoms with van der Waals surface area (Å²) in [5.74, 6) is 0. The van der Waals surface area contributed by atoms with E-state index in [-0.39, 0.29) is 0 Å². The Morgan fingerprint density at radius 3 is 2.60 bits per heavy atom. The molecule has 0 saturated heterocycles. The third-order valence-corrected chi connectivity index (χ3v) is 2.99. The molecule has 0 spiro atoms. The number of rotatable bonds is 4. The highest BCUT2D eigenvalue weighted by atomic mass is 19.4. The van der Waals surface area contributed by atoms with Gasteiger partial charge in [-0.15, -0.1) is 0 Å². The van der Waals surface area contributed by atoms with Gasteiger partial charge in [0.05, 0.1) is 11.4 Å². The highest BCUT2D eigenvalue weighted by molar-refractivity contribution is 5.61. The van der Waals surface area contributed by atoms with Gasteiger partial charge < -0.3 is 0 Å². The lowest BCUT2D eigenvalue weighted by Gasteiger charge is -2.11. The topological polar surface area (TPSA) is 17.8 Å². The molecule has 108 valence electrons. The lowest BCUT2D eigenvalue weighted by Crippen LogP contribution is -2.19. The van der Waals surface area contributed by atoms with Crippen LogP contribution in [0.25, 0.3) is 11.3 Å². The molecule has 5 heteroatoms. The number of halogens is 3. The molecule has 0 amide bonds. The van der Waals surface area contributed by atoms with Gasteiger partial charge in [0.15, 0.2) is 0 Å². The van der Waals surface area contributed by atoms with Gasteiger partial charge in [-0.1, -0.05) is 31.5 Å². The molecule has 0 aliphatic rings. The monoisotopic (exact) mass is 282 g/mol. The zero-order chi connectivity index (χ0) is 14.8. The molecule has 1 aromatic carbocycles. The zero-order valence-electron chi connectivity index (χ0n) is 11.5. The van der Waals surface area contributed by atoms with Crippen molar-refractivity contribution in [3.8, 4) is 11.3 Å². The first kappa shape index (κ1) is 14.6. The van der Waals surface area contributed by atoms with Gasteiger partial charge in [0.2, 0.25) is 0 Å². The van der Waals surface area contributed by atoms with Crippen molar-refractivity contribution in [3.05, 3.63) is 41.6 Å². The largest absolute Gasteiger partial charge is 0.408 e. The van der Waals surface area contributed by atoms with Crippen molar-refractivity contribution < 1.29 is 13.2 Å². The lowest BCUT2D eigenvalue weighted by molar-refractivity contribution is -0.142. The summed E-state index contributed by atoms with van der Waals surface area (Å²) in [6.45, 7) is 2.71. The number of benzene rings is 1. The van der Waals surface area contributed by atoms with Crippen molar-refractivity contribution in [1.82, 2.24) is 9.78 Å². The third-order valence-electron chi connectivity index (χ3n) is 2.99. The summed E-state index contributed by atoms with van der Waals surface area (Å²) < 4.78 is 38.8. The summed E-state index contributed by atoms with van der Waals surface area (Å²) in [4.78, 5) is 0. The van der Waals surface area contributed by atoms with Crippen LogP contribution in [0.3, 0.4) is 0 Å². The van der Waals surface area contributed by atoms with E-state index in [2.05, 4.69) is 12.0 Å². The molecule has 0 radical (unpaired) electrons. The molecule has 0 unspecified atom stereocenters. The van der Waals surface area contributed by atoms with Gasteiger partial charge in [0, 0.05) is 5.56 Å².